The second-order valence-corrected chi connectivity index (χ2v) is 7.68. The third-order valence-electron chi connectivity index (χ3n) is 4.67. The Hall–Kier alpha value is -1.64. The molecule has 1 aliphatic rings. The van der Waals surface area contributed by atoms with E-state index in [2.05, 4.69) is 15.3 Å². The summed E-state index contributed by atoms with van der Waals surface area (Å²) < 4.78 is 7.32. The number of aliphatic hydroxyl groups is 1. The van der Waals surface area contributed by atoms with Crippen LogP contribution >= 0.6 is 36.2 Å². The molecule has 0 aliphatic carbocycles. The van der Waals surface area contributed by atoms with E-state index in [9.17, 15) is 5.11 Å². The van der Waals surface area contributed by atoms with E-state index in [-0.39, 0.29) is 24.8 Å². The first-order valence-corrected chi connectivity index (χ1v) is 9.53. The molecule has 1 fully saturated rings. The number of aromatic nitrogens is 3. The van der Waals surface area contributed by atoms with Crippen molar-refractivity contribution in [2.75, 3.05) is 20.2 Å². The van der Waals surface area contributed by atoms with Gasteiger partial charge >= 0.3 is 0 Å². The first kappa shape index (κ1) is 22.6. The molecular formula is C19H24Cl2N4O2S. The van der Waals surface area contributed by atoms with Crippen molar-refractivity contribution in [3.8, 4) is 27.0 Å². The van der Waals surface area contributed by atoms with E-state index >= 15 is 0 Å². The lowest BCUT2D eigenvalue weighted by Crippen LogP contribution is -2.48. The Balaban J connectivity index is 0.00000140. The van der Waals surface area contributed by atoms with Crippen LogP contribution in [0.25, 0.3) is 21.3 Å². The summed E-state index contributed by atoms with van der Waals surface area (Å²) in [6, 6.07) is 7.88. The molecule has 9 heteroatoms. The van der Waals surface area contributed by atoms with E-state index < -0.39 is 5.60 Å². The quantitative estimate of drug-likeness (QED) is 0.630. The molecule has 1 unspecified atom stereocenters. The Bertz CT molecular complexity index is 893. The second kappa shape index (κ2) is 9.71. The van der Waals surface area contributed by atoms with E-state index in [1.54, 1.807) is 24.6 Å². The SMILES string of the molecule is COc1cccc(-c2ncc(-c3nccn3CC3(O)CCCNC3)s2)c1.Cl.Cl. The van der Waals surface area contributed by atoms with Crippen LogP contribution in [0.15, 0.2) is 42.9 Å². The lowest BCUT2D eigenvalue weighted by Gasteiger charge is -2.33. The molecule has 28 heavy (non-hydrogen) atoms. The van der Waals surface area contributed by atoms with Crippen LogP contribution in [0.5, 0.6) is 5.75 Å². The maximum Gasteiger partial charge on any atom is 0.151 e. The van der Waals surface area contributed by atoms with Gasteiger partial charge in [0.2, 0.25) is 0 Å². The van der Waals surface area contributed by atoms with Crippen molar-refractivity contribution in [2.24, 2.45) is 0 Å². The molecule has 0 radical (unpaired) electrons. The van der Waals surface area contributed by atoms with E-state index in [0.29, 0.717) is 13.1 Å². The zero-order valence-corrected chi connectivity index (χ0v) is 17.9. The molecule has 3 aromatic rings. The van der Waals surface area contributed by atoms with Gasteiger partial charge in [0.15, 0.2) is 5.82 Å². The summed E-state index contributed by atoms with van der Waals surface area (Å²) >= 11 is 1.59. The topological polar surface area (TPSA) is 72.2 Å². The monoisotopic (exact) mass is 442 g/mol. The Morgan fingerprint density at radius 2 is 2.18 bits per heavy atom. The van der Waals surface area contributed by atoms with Crippen LogP contribution in [-0.2, 0) is 6.54 Å². The number of imidazole rings is 1. The van der Waals surface area contributed by atoms with Crippen molar-refractivity contribution in [1.82, 2.24) is 19.9 Å². The Kier molecular flexibility index (Phi) is 7.86. The van der Waals surface area contributed by atoms with Gasteiger partial charge in [-0.25, -0.2) is 9.97 Å². The van der Waals surface area contributed by atoms with E-state index in [1.807, 2.05) is 41.2 Å². The predicted molar refractivity (Wildman–Crippen MR) is 117 cm³/mol. The summed E-state index contributed by atoms with van der Waals surface area (Å²) in [6.45, 7) is 2.11. The summed E-state index contributed by atoms with van der Waals surface area (Å²) in [5, 5.41) is 15.0. The van der Waals surface area contributed by atoms with Crippen LogP contribution < -0.4 is 10.1 Å². The number of nitrogens with zero attached hydrogens (tertiary/aromatic N) is 3. The molecule has 2 N–H and O–H groups in total. The van der Waals surface area contributed by atoms with Gasteiger partial charge in [0.05, 0.1) is 24.1 Å². The van der Waals surface area contributed by atoms with Crippen molar-refractivity contribution in [3.05, 3.63) is 42.9 Å². The van der Waals surface area contributed by atoms with Gasteiger partial charge in [-0.1, -0.05) is 12.1 Å². The van der Waals surface area contributed by atoms with Crippen LogP contribution in [0, 0.1) is 0 Å². The van der Waals surface area contributed by atoms with Crippen LogP contribution in [0.2, 0.25) is 0 Å². The maximum atomic E-state index is 10.8. The number of methoxy groups -OCH3 is 1. The van der Waals surface area contributed by atoms with Crippen molar-refractivity contribution in [3.63, 3.8) is 0 Å². The number of hydrogen-bond donors (Lipinski definition) is 2. The van der Waals surface area contributed by atoms with E-state index in [0.717, 1.165) is 46.4 Å². The highest BCUT2D eigenvalue weighted by atomic mass is 35.5. The van der Waals surface area contributed by atoms with Crippen LogP contribution in [0.1, 0.15) is 12.8 Å². The van der Waals surface area contributed by atoms with Crippen LogP contribution in [-0.4, -0.2) is 45.4 Å². The third kappa shape index (κ3) is 4.85. The van der Waals surface area contributed by atoms with Gasteiger partial charge in [-0.3, -0.25) is 0 Å². The first-order chi connectivity index (χ1) is 12.7. The van der Waals surface area contributed by atoms with Gasteiger partial charge in [-0.15, -0.1) is 36.2 Å². The van der Waals surface area contributed by atoms with Gasteiger partial charge < -0.3 is 19.7 Å². The third-order valence-corrected chi connectivity index (χ3v) is 5.72. The van der Waals surface area contributed by atoms with Crippen molar-refractivity contribution in [2.45, 2.75) is 25.0 Å². The smallest absolute Gasteiger partial charge is 0.151 e. The number of nitrogens with one attached hydrogen (secondary N) is 1. The van der Waals surface area contributed by atoms with Crippen LogP contribution in [0.3, 0.4) is 0 Å². The summed E-state index contributed by atoms with van der Waals surface area (Å²) in [7, 11) is 1.66. The molecule has 152 valence electrons. The van der Waals surface area contributed by atoms with Crippen molar-refractivity contribution >= 4 is 36.2 Å². The molecule has 0 saturated carbocycles. The molecular weight excluding hydrogens is 419 g/mol. The van der Waals surface area contributed by atoms with E-state index in [4.69, 9.17) is 4.74 Å². The standard InChI is InChI=1S/C19H22N4O2S.2ClH/c1-25-15-5-2-4-14(10-15)18-22-11-16(26-18)17-21-8-9-23(17)13-19(24)6-3-7-20-12-19;;/h2,4-5,8-11,20,24H,3,6-7,12-13H2,1H3;2*1H. The summed E-state index contributed by atoms with van der Waals surface area (Å²) in [4.78, 5) is 10.0. The number of ether oxygens (including phenoxy) is 1. The minimum atomic E-state index is -0.728. The fraction of sp³-hybridized carbons (Fsp3) is 0.368. The first-order valence-electron chi connectivity index (χ1n) is 8.72. The second-order valence-electron chi connectivity index (χ2n) is 6.65. The average molecular weight is 443 g/mol. The van der Waals surface area contributed by atoms with Crippen LogP contribution in [0.4, 0.5) is 0 Å². The highest BCUT2D eigenvalue weighted by Crippen LogP contribution is 2.33. The molecule has 0 spiro atoms. The molecule has 0 amide bonds. The average Bonchev–Trinajstić information content (AvgIpc) is 3.31. The lowest BCUT2D eigenvalue weighted by atomic mass is 9.94. The van der Waals surface area contributed by atoms with E-state index in [1.165, 1.54) is 0 Å². The molecule has 1 aliphatic heterocycles. The molecule has 3 heterocycles. The number of benzene rings is 1. The maximum absolute atomic E-state index is 10.8. The molecule has 1 saturated heterocycles. The molecule has 6 nitrogen and oxygen atoms in total. The number of piperidine rings is 1. The minimum absolute atomic E-state index is 0. The number of hydrogen-bond acceptors (Lipinski definition) is 6. The molecule has 4 rings (SSSR count). The Labute approximate surface area is 180 Å². The molecule has 2 aromatic heterocycles. The number of thiazole rings is 1. The predicted octanol–water partition coefficient (Wildman–Crippen LogP) is 3.64. The zero-order chi connectivity index (χ0) is 18.0. The molecule has 1 aromatic carbocycles. The summed E-state index contributed by atoms with van der Waals surface area (Å²) in [5.74, 6) is 1.66. The van der Waals surface area contributed by atoms with Gasteiger partial charge in [-0.2, -0.15) is 0 Å². The normalized spacial score (nSPS) is 18.8. The summed E-state index contributed by atoms with van der Waals surface area (Å²) in [5.41, 5.74) is 0.294. The number of rotatable bonds is 5. The minimum Gasteiger partial charge on any atom is -0.497 e. The van der Waals surface area contributed by atoms with Crippen molar-refractivity contribution < 1.29 is 9.84 Å². The molecule has 1 atom stereocenters. The van der Waals surface area contributed by atoms with Gasteiger partial charge in [0.25, 0.3) is 0 Å². The Morgan fingerprint density at radius 1 is 1.32 bits per heavy atom. The number of halogens is 2. The number of β-amino-alcohol motifs (C(OH)–C–C–N with tert-alkyl or cyclic N) is 1. The zero-order valence-electron chi connectivity index (χ0n) is 15.5. The summed E-state index contributed by atoms with van der Waals surface area (Å²) in [6.07, 6.45) is 7.34. The molecule has 0 bridgehead atoms. The fourth-order valence-corrected chi connectivity index (χ4v) is 4.26. The lowest BCUT2D eigenvalue weighted by molar-refractivity contribution is 0.00107. The van der Waals surface area contributed by atoms with Crippen molar-refractivity contribution in [1.29, 1.82) is 0 Å². The van der Waals surface area contributed by atoms with Gasteiger partial charge in [0.1, 0.15) is 10.8 Å². The van der Waals surface area contributed by atoms with Gasteiger partial charge in [-0.05, 0) is 31.5 Å². The highest BCUT2D eigenvalue weighted by molar-refractivity contribution is 7.18. The van der Waals surface area contributed by atoms with Gasteiger partial charge in [0, 0.05) is 30.7 Å². The Morgan fingerprint density at radius 3 is 2.93 bits per heavy atom. The highest BCUT2D eigenvalue weighted by Gasteiger charge is 2.30. The fourth-order valence-electron chi connectivity index (χ4n) is 3.33. The largest absolute Gasteiger partial charge is 0.497 e.